The molecule has 0 unspecified atom stereocenters. The maximum atomic E-state index is 10.2. The van der Waals surface area contributed by atoms with Crippen LogP contribution in [0.4, 0.5) is 0 Å². The number of carbonyl (C=O) groups is 2. The second-order valence-corrected chi connectivity index (χ2v) is 11.4. The quantitative estimate of drug-likeness (QED) is 0.0457. The van der Waals surface area contributed by atoms with E-state index in [1.165, 1.54) is 128 Å². The number of hydrogen-bond acceptors (Lipinski definition) is 4. The summed E-state index contributed by atoms with van der Waals surface area (Å²) in [5.41, 5.74) is 0. The molecule has 0 saturated carbocycles. The normalized spacial score (nSPS) is 11.0. The van der Waals surface area contributed by atoms with E-state index in [4.69, 9.17) is 0 Å². The summed E-state index contributed by atoms with van der Waals surface area (Å²) in [6.07, 6.45) is 41.8. The molecule has 0 atom stereocenters. The van der Waals surface area contributed by atoms with Gasteiger partial charge in [-0.25, -0.2) is 0 Å². The Balaban J connectivity index is -0.000000688. The molecular formula is C36H66MnO4. The number of carbonyl (C=O) groups excluding carboxylic acids is 2. The summed E-state index contributed by atoms with van der Waals surface area (Å²) in [6.45, 7) is 4.51. The molecule has 0 aromatic carbocycles. The first-order valence-corrected chi connectivity index (χ1v) is 17.2. The van der Waals surface area contributed by atoms with Gasteiger partial charge in [0.1, 0.15) is 0 Å². The Kier molecular flexibility index (Phi) is 44.5. The smallest absolute Gasteiger partial charge is 0.550 e. The third-order valence-corrected chi connectivity index (χ3v) is 7.29. The largest absolute Gasteiger partial charge is 2.00 e. The molecule has 0 amide bonds. The van der Waals surface area contributed by atoms with Crippen molar-refractivity contribution in [1.82, 2.24) is 0 Å². The molecule has 0 aliphatic rings. The van der Waals surface area contributed by atoms with Crippen LogP contribution in [0.2, 0.25) is 0 Å². The van der Waals surface area contributed by atoms with Crippen molar-refractivity contribution in [2.24, 2.45) is 0 Å². The minimum absolute atomic E-state index is 0. The predicted octanol–water partition coefficient (Wildman–Crippen LogP) is 9.55. The zero-order valence-electron chi connectivity index (χ0n) is 27.1. The second kappa shape index (κ2) is 41.1. The second-order valence-electron chi connectivity index (χ2n) is 11.4. The van der Waals surface area contributed by atoms with Crippen LogP contribution >= 0.6 is 0 Å². The van der Waals surface area contributed by atoms with Gasteiger partial charge in [-0.2, -0.15) is 0 Å². The van der Waals surface area contributed by atoms with Crippen LogP contribution in [0.25, 0.3) is 0 Å². The van der Waals surface area contributed by atoms with Crippen LogP contribution in [0.15, 0.2) is 24.3 Å². The van der Waals surface area contributed by atoms with Crippen molar-refractivity contribution in [1.29, 1.82) is 0 Å². The van der Waals surface area contributed by atoms with Gasteiger partial charge in [-0.15, -0.1) is 0 Å². The minimum atomic E-state index is -0.914. The first-order chi connectivity index (χ1) is 19.5. The van der Waals surface area contributed by atoms with E-state index in [1.54, 1.807) is 0 Å². The van der Waals surface area contributed by atoms with Crippen LogP contribution < -0.4 is 10.2 Å². The SMILES string of the molecule is CCCCCCCCC=CCCCCCCCC(=O)[O-].CCCCCCCCC=CCCCCCCCC(=O)[O-].[Mn+2]. The Morgan fingerprint density at radius 1 is 0.390 bits per heavy atom. The van der Waals surface area contributed by atoms with Gasteiger partial charge in [-0.05, 0) is 77.0 Å². The van der Waals surface area contributed by atoms with Crippen LogP contribution in [-0.2, 0) is 26.7 Å². The fourth-order valence-corrected chi connectivity index (χ4v) is 4.68. The third kappa shape index (κ3) is 49.0. The molecule has 41 heavy (non-hydrogen) atoms. The topological polar surface area (TPSA) is 80.3 Å². The van der Waals surface area contributed by atoms with Gasteiger partial charge in [-0.1, -0.05) is 141 Å². The minimum Gasteiger partial charge on any atom is -0.550 e. The monoisotopic (exact) mass is 617 g/mol. The van der Waals surface area contributed by atoms with Crippen LogP contribution in [0, 0.1) is 0 Å². The summed E-state index contributed by atoms with van der Waals surface area (Å²) < 4.78 is 0. The van der Waals surface area contributed by atoms with Crippen molar-refractivity contribution < 1.29 is 36.9 Å². The van der Waals surface area contributed by atoms with Gasteiger partial charge in [0.15, 0.2) is 0 Å². The van der Waals surface area contributed by atoms with Crippen molar-refractivity contribution in [2.45, 2.75) is 194 Å². The van der Waals surface area contributed by atoms with E-state index in [9.17, 15) is 19.8 Å². The van der Waals surface area contributed by atoms with E-state index in [-0.39, 0.29) is 29.9 Å². The number of aliphatic carboxylic acids is 2. The molecule has 0 fully saturated rings. The molecule has 0 spiro atoms. The predicted molar refractivity (Wildman–Crippen MR) is 169 cm³/mol. The molecule has 0 aromatic rings. The molecule has 0 aromatic heterocycles. The molecule has 0 aliphatic carbocycles. The van der Waals surface area contributed by atoms with Crippen LogP contribution in [0.1, 0.15) is 194 Å². The van der Waals surface area contributed by atoms with Gasteiger partial charge < -0.3 is 19.8 Å². The summed E-state index contributed by atoms with van der Waals surface area (Å²) in [5, 5.41) is 20.4. The van der Waals surface area contributed by atoms with Crippen LogP contribution in [0.5, 0.6) is 0 Å². The van der Waals surface area contributed by atoms with Crippen LogP contribution in [-0.4, -0.2) is 11.9 Å². The van der Waals surface area contributed by atoms with Crippen molar-refractivity contribution in [3.05, 3.63) is 24.3 Å². The average molecular weight is 618 g/mol. The summed E-state index contributed by atoms with van der Waals surface area (Å²) in [7, 11) is 0. The number of carboxylic acid groups (broad SMARTS) is 2. The summed E-state index contributed by atoms with van der Waals surface area (Å²) >= 11 is 0. The summed E-state index contributed by atoms with van der Waals surface area (Å²) in [6, 6.07) is 0. The molecule has 1 radical (unpaired) electrons. The Hall–Kier alpha value is -1.06. The van der Waals surface area contributed by atoms with Gasteiger partial charge in [0, 0.05) is 11.9 Å². The number of hydrogen-bond donors (Lipinski definition) is 0. The zero-order valence-corrected chi connectivity index (χ0v) is 28.3. The molecule has 0 rings (SSSR count). The molecular weight excluding hydrogens is 551 g/mol. The Morgan fingerprint density at radius 3 is 0.854 bits per heavy atom. The van der Waals surface area contributed by atoms with Gasteiger partial charge in [0.05, 0.1) is 0 Å². The number of carboxylic acids is 2. The van der Waals surface area contributed by atoms with E-state index < -0.39 is 11.9 Å². The molecule has 0 N–H and O–H groups in total. The standard InChI is InChI=1S/2C18H34O2.Mn/c2*1-2-3-4-5-6-7-8-9-10-11-12-13-14-15-16-17-18(19)20;/h2*9-10H,2-8,11-17H2,1H3,(H,19,20);/q;;+2/p-2. The van der Waals surface area contributed by atoms with Crippen molar-refractivity contribution in [3.8, 4) is 0 Å². The van der Waals surface area contributed by atoms with Crippen molar-refractivity contribution in [2.75, 3.05) is 0 Å². The average Bonchev–Trinajstić information content (AvgIpc) is 2.93. The van der Waals surface area contributed by atoms with E-state index in [0.29, 0.717) is 0 Å². The fourth-order valence-electron chi connectivity index (χ4n) is 4.68. The molecule has 5 heteroatoms. The number of allylic oxidation sites excluding steroid dienone is 4. The zero-order chi connectivity index (χ0) is 29.8. The maximum Gasteiger partial charge on any atom is 2.00 e. The molecule has 0 heterocycles. The Bertz CT molecular complexity index is 524. The van der Waals surface area contributed by atoms with E-state index in [1.807, 2.05) is 0 Å². The summed E-state index contributed by atoms with van der Waals surface area (Å²) in [4.78, 5) is 20.4. The van der Waals surface area contributed by atoms with Gasteiger partial charge in [0.2, 0.25) is 0 Å². The van der Waals surface area contributed by atoms with Crippen molar-refractivity contribution in [3.63, 3.8) is 0 Å². The Labute approximate surface area is 266 Å². The third-order valence-electron chi connectivity index (χ3n) is 7.29. The first kappa shape index (κ1) is 44.4. The van der Waals surface area contributed by atoms with E-state index in [2.05, 4.69) is 38.2 Å². The fraction of sp³-hybridized carbons (Fsp3) is 0.833. The number of rotatable bonds is 30. The molecule has 241 valence electrons. The molecule has 4 nitrogen and oxygen atoms in total. The molecule has 0 bridgehead atoms. The van der Waals surface area contributed by atoms with E-state index in [0.717, 1.165) is 38.5 Å². The van der Waals surface area contributed by atoms with Gasteiger partial charge in [0.25, 0.3) is 0 Å². The van der Waals surface area contributed by atoms with Gasteiger partial charge >= 0.3 is 17.1 Å². The molecule has 0 saturated heterocycles. The van der Waals surface area contributed by atoms with E-state index >= 15 is 0 Å². The van der Waals surface area contributed by atoms with Crippen molar-refractivity contribution >= 4 is 11.9 Å². The Morgan fingerprint density at radius 2 is 0.610 bits per heavy atom. The maximum absolute atomic E-state index is 10.2. The first-order valence-electron chi connectivity index (χ1n) is 17.2. The van der Waals surface area contributed by atoms with Gasteiger partial charge in [-0.3, -0.25) is 0 Å². The summed E-state index contributed by atoms with van der Waals surface area (Å²) in [5.74, 6) is -1.83. The number of unbranched alkanes of at least 4 members (excludes halogenated alkanes) is 22. The van der Waals surface area contributed by atoms with Crippen LogP contribution in [0.3, 0.4) is 0 Å². The molecule has 0 aliphatic heterocycles.